The Hall–Kier alpha value is -3.24. The van der Waals surface area contributed by atoms with E-state index in [0.717, 1.165) is 5.75 Å². The normalized spacial score (nSPS) is 12.0. The van der Waals surface area contributed by atoms with Crippen LogP contribution in [0.15, 0.2) is 66.7 Å². The molecule has 0 bridgehead atoms. The maximum absolute atomic E-state index is 5.26. The Morgan fingerprint density at radius 2 is 1.47 bits per heavy atom. The molecule has 0 saturated carbocycles. The molecule has 3 heteroatoms. The van der Waals surface area contributed by atoms with Gasteiger partial charge in [-0.15, -0.1) is 12.8 Å². The Balaban J connectivity index is 0.000000216. The minimum Gasteiger partial charge on any atom is -0.497 e. The van der Waals surface area contributed by atoms with Crippen LogP contribution in [0.5, 0.6) is 5.75 Å². The van der Waals surface area contributed by atoms with Crippen molar-refractivity contribution >= 4 is 10.8 Å². The van der Waals surface area contributed by atoms with E-state index in [9.17, 15) is 0 Å². The SMILES string of the molecule is C#CCN[C@H](C)c1cccc(OC)c1.C#CCN[C@H](C)c1cccc2ccccc12. The van der Waals surface area contributed by atoms with E-state index in [-0.39, 0.29) is 12.1 Å². The molecule has 3 rings (SSSR count). The minimum atomic E-state index is 0.251. The first-order valence-electron chi connectivity index (χ1n) is 10.1. The van der Waals surface area contributed by atoms with Crippen molar-refractivity contribution in [3.63, 3.8) is 0 Å². The van der Waals surface area contributed by atoms with Crippen molar-refractivity contribution in [3.8, 4) is 30.4 Å². The summed E-state index contributed by atoms with van der Waals surface area (Å²) in [6.45, 7) is 5.40. The van der Waals surface area contributed by atoms with Gasteiger partial charge in [0.1, 0.15) is 5.75 Å². The number of rotatable bonds is 7. The molecule has 2 N–H and O–H groups in total. The Kier molecular flexibility index (Phi) is 9.49. The standard InChI is InChI=1S/C15H15N.C12H15NO/c1-3-11-16-12(2)14-10-6-8-13-7-4-5-9-15(13)14;1-4-8-13-10(2)11-6-5-7-12(9-11)14-3/h1,4-10,12,16H,11H2,2H3;1,5-7,9-10,13H,8H2,2-3H3/t12-;10-/m11/s1. The largest absolute Gasteiger partial charge is 0.497 e. The van der Waals surface area contributed by atoms with Crippen molar-refractivity contribution in [1.82, 2.24) is 10.6 Å². The van der Waals surface area contributed by atoms with Crippen LogP contribution in [0.25, 0.3) is 10.8 Å². The zero-order valence-corrected chi connectivity index (χ0v) is 18.0. The molecule has 30 heavy (non-hydrogen) atoms. The van der Waals surface area contributed by atoms with Gasteiger partial charge in [0.25, 0.3) is 0 Å². The van der Waals surface area contributed by atoms with Crippen LogP contribution >= 0.6 is 0 Å². The highest BCUT2D eigenvalue weighted by molar-refractivity contribution is 5.86. The van der Waals surface area contributed by atoms with Crippen molar-refractivity contribution in [2.45, 2.75) is 25.9 Å². The fourth-order valence-corrected chi connectivity index (χ4v) is 3.19. The smallest absolute Gasteiger partial charge is 0.119 e. The first-order valence-corrected chi connectivity index (χ1v) is 10.1. The summed E-state index contributed by atoms with van der Waals surface area (Å²) >= 11 is 0. The molecule has 0 fully saturated rings. The van der Waals surface area contributed by atoms with Crippen LogP contribution in [0.4, 0.5) is 0 Å². The molecule has 0 aliphatic rings. The lowest BCUT2D eigenvalue weighted by molar-refractivity contribution is 0.413. The maximum atomic E-state index is 5.26. The number of methoxy groups -OCH3 is 1. The number of benzene rings is 3. The molecule has 0 saturated heterocycles. The fraction of sp³-hybridized carbons (Fsp3) is 0.259. The molecule has 3 aromatic rings. The van der Waals surface area contributed by atoms with E-state index in [1.54, 1.807) is 7.11 Å². The lowest BCUT2D eigenvalue weighted by Gasteiger charge is -2.14. The first kappa shape index (κ1) is 23.0. The molecular formula is C27H30N2O. The summed E-state index contributed by atoms with van der Waals surface area (Å²) in [5, 5.41) is 9.08. The van der Waals surface area contributed by atoms with Gasteiger partial charge in [0.15, 0.2) is 0 Å². The number of ether oxygens (including phenoxy) is 1. The van der Waals surface area contributed by atoms with Gasteiger partial charge in [-0.05, 0) is 47.9 Å². The average Bonchev–Trinajstić information content (AvgIpc) is 2.81. The average molecular weight is 399 g/mol. The van der Waals surface area contributed by atoms with E-state index >= 15 is 0 Å². The van der Waals surface area contributed by atoms with Gasteiger partial charge < -0.3 is 4.74 Å². The second-order valence-corrected chi connectivity index (χ2v) is 6.96. The predicted molar refractivity (Wildman–Crippen MR) is 127 cm³/mol. The van der Waals surface area contributed by atoms with Crippen molar-refractivity contribution in [2.75, 3.05) is 20.2 Å². The topological polar surface area (TPSA) is 33.3 Å². The van der Waals surface area contributed by atoms with Crippen molar-refractivity contribution < 1.29 is 4.74 Å². The monoisotopic (exact) mass is 398 g/mol. The number of hydrogen-bond donors (Lipinski definition) is 2. The molecular weight excluding hydrogens is 368 g/mol. The molecule has 0 radical (unpaired) electrons. The summed E-state index contributed by atoms with van der Waals surface area (Å²) in [5.74, 6) is 6.03. The van der Waals surface area contributed by atoms with E-state index in [2.05, 4.69) is 84.9 Å². The third kappa shape index (κ3) is 6.68. The summed E-state index contributed by atoms with van der Waals surface area (Å²) in [7, 11) is 1.67. The Morgan fingerprint density at radius 3 is 2.17 bits per heavy atom. The number of fused-ring (bicyclic) bond motifs is 1. The third-order valence-corrected chi connectivity index (χ3v) is 4.90. The summed E-state index contributed by atoms with van der Waals surface area (Å²) in [4.78, 5) is 0. The molecule has 0 unspecified atom stereocenters. The molecule has 0 spiro atoms. The summed E-state index contributed by atoms with van der Waals surface area (Å²) < 4.78 is 5.14. The Labute approximate surface area is 180 Å². The van der Waals surface area contributed by atoms with Crippen LogP contribution in [-0.2, 0) is 0 Å². The van der Waals surface area contributed by atoms with Crippen molar-refractivity contribution in [3.05, 3.63) is 77.9 Å². The van der Waals surface area contributed by atoms with Crippen LogP contribution in [0.3, 0.4) is 0 Å². The van der Waals surface area contributed by atoms with E-state index < -0.39 is 0 Å². The molecule has 3 nitrogen and oxygen atoms in total. The van der Waals surface area contributed by atoms with Crippen molar-refractivity contribution in [1.29, 1.82) is 0 Å². The van der Waals surface area contributed by atoms with Gasteiger partial charge in [-0.1, -0.05) is 66.4 Å². The maximum Gasteiger partial charge on any atom is 0.119 e. The Bertz CT molecular complexity index is 1010. The van der Waals surface area contributed by atoms with Gasteiger partial charge >= 0.3 is 0 Å². The second-order valence-electron chi connectivity index (χ2n) is 6.96. The molecule has 0 aromatic heterocycles. The lowest BCUT2D eigenvalue weighted by Crippen LogP contribution is -2.18. The van der Waals surface area contributed by atoms with E-state index in [1.165, 1.54) is 21.9 Å². The van der Waals surface area contributed by atoms with Gasteiger partial charge in [-0.3, -0.25) is 10.6 Å². The highest BCUT2D eigenvalue weighted by Crippen LogP contribution is 2.23. The molecule has 0 heterocycles. The number of terminal acetylenes is 2. The zero-order valence-electron chi connectivity index (χ0n) is 18.0. The highest BCUT2D eigenvalue weighted by atomic mass is 16.5. The quantitative estimate of drug-likeness (QED) is 0.543. The molecule has 0 amide bonds. The van der Waals surface area contributed by atoms with E-state index in [4.69, 9.17) is 17.6 Å². The predicted octanol–water partition coefficient (Wildman–Crippen LogP) is 5.10. The van der Waals surface area contributed by atoms with Gasteiger partial charge in [-0.25, -0.2) is 0 Å². The number of hydrogen-bond acceptors (Lipinski definition) is 3. The second kappa shape index (κ2) is 12.3. The van der Waals surface area contributed by atoms with Gasteiger partial charge in [0.2, 0.25) is 0 Å². The zero-order chi connectivity index (χ0) is 21.8. The van der Waals surface area contributed by atoms with Crippen LogP contribution < -0.4 is 15.4 Å². The summed E-state index contributed by atoms with van der Waals surface area (Å²) in [6.07, 6.45) is 10.4. The molecule has 0 aliphatic heterocycles. The number of nitrogens with one attached hydrogen (secondary N) is 2. The Morgan fingerprint density at radius 1 is 0.833 bits per heavy atom. The highest BCUT2D eigenvalue weighted by Gasteiger charge is 2.07. The minimum absolute atomic E-state index is 0.251. The summed E-state index contributed by atoms with van der Waals surface area (Å²) in [6, 6.07) is 23.3. The van der Waals surface area contributed by atoms with E-state index in [1.807, 2.05) is 18.2 Å². The fourth-order valence-electron chi connectivity index (χ4n) is 3.19. The molecule has 2 atom stereocenters. The molecule has 154 valence electrons. The van der Waals surface area contributed by atoms with Gasteiger partial charge in [-0.2, -0.15) is 0 Å². The summed E-state index contributed by atoms with van der Waals surface area (Å²) in [5.41, 5.74) is 2.48. The third-order valence-electron chi connectivity index (χ3n) is 4.90. The van der Waals surface area contributed by atoms with Crippen molar-refractivity contribution in [2.24, 2.45) is 0 Å². The van der Waals surface area contributed by atoms with Crippen LogP contribution in [0.2, 0.25) is 0 Å². The van der Waals surface area contributed by atoms with Gasteiger partial charge in [0, 0.05) is 12.1 Å². The van der Waals surface area contributed by atoms with Crippen LogP contribution in [0, 0.1) is 24.7 Å². The first-order chi connectivity index (χ1) is 14.6. The molecule has 0 aliphatic carbocycles. The van der Waals surface area contributed by atoms with Crippen LogP contribution in [-0.4, -0.2) is 20.2 Å². The van der Waals surface area contributed by atoms with E-state index in [0.29, 0.717) is 13.1 Å². The molecule has 3 aromatic carbocycles. The van der Waals surface area contributed by atoms with Gasteiger partial charge in [0.05, 0.1) is 20.2 Å². The lowest BCUT2D eigenvalue weighted by atomic mass is 10.00. The van der Waals surface area contributed by atoms with Crippen LogP contribution in [0.1, 0.15) is 37.1 Å².